The van der Waals surface area contributed by atoms with Crippen molar-refractivity contribution in [3.05, 3.63) is 36.4 Å². The van der Waals surface area contributed by atoms with Gasteiger partial charge in [-0.25, -0.2) is 13.1 Å². The van der Waals surface area contributed by atoms with E-state index in [0.717, 1.165) is 0 Å². The van der Waals surface area contributed by atoms with Gasteiger partial charge in [-0.15, -0.1) is 0 Å². The molecular weight excluding hydrogens is 412 g/mol. The fourth-order valence-corrected chi connectivity index (χ4v) is 4.85. The van der Waals surface area contributed by atoms with Crippen LogP contribution in [0.15, 0.2) is 41.3 Å². The zero-order valence-corrected chi connectivity index (χ0v) is 16.8. The van der Waals surface area contributed by atoms with E-state index in [0.29, 0.717) is 48.4 Å². The summed E-state index contributed by atoms with van der Waals surface area (Å²) in [5.74, 6) is 1.99. The highest BCUT2D eigenvalue weighted by molar-refractivity contribution is 7.89. The van der Waals surface area contributed by atoms with Crippen molar-refractivity contribution in [1.82, 2.24) is 4.72 Å². The Bertz CT molecular complexity index is 1100. The van der Waals surface area contributed by atoms with Crippen LogP contribution in [0.1, 0.15) is 6.42 Å². The molecule has 10 heteroatoms. The molecular formula is C20H20N2O7S. The molecule has 2 aromatic rings. The average Bonchev–Trinajstić information content (AvgIpc) is 3.37. The van der Waals surface area contributed by atoms with E-state index in [2.05, 4.69) is 4.72 Å². The number of ether oxygens (including phenoxy) is 4. The highest BCUT2D eigenvalue weighted by Gasteiger charge is 2.32. The second-order valence-corrected chi connectivity index (χ2v) is 9.04. The predicted octanol–water partition coefficient (Wildman–Crippen LogP) is 1.52. The molecule has 0 unspecified atom stereocenters. The van der Waals surface area contributed by atoms with Crippen LogP contribution in [0, 0.1) is 5.92 Å². The minimum absolute atomic E-state index is 0.0580. The lowest BCUT2D eigenvalue weighted by molar-refractivity contribution is -0.117. The van der Waals surface area contributed by atoms with Crippen molar-refractivity contribution in [2.24, 2.45) is 5.92 Å². The first-order valence-electron chi connectivity index (χ1n) is 9.59. The van der Waals surface area contributed by atoms with Crippen molar-refractivity contribution < 1.29 is 32.2 Å². The number of sulfonamides is 1. The Hall–Kier alpha value is -2.98. The van der Waals surface area contributed by atoms with Crippen LogP contribution in [0.3, 0.4) is 0 Å². The van der Waals surface area contributed by atoms with E-state index < -0.39 is 10.0 Å². The normalized spacial score (nSPS) is 19.9. The standard InChI is InChI=1S/C20H20N2O7S/c23-20-7-13(11-22(20)14-1-3-17-18(8-14)29-12-28-17)10-21-30(24,25)15-2-4-16-19(9-15)27-6-5-26-16/h1-4,8-9,13,21H,5-7,10-12H2/t13-/m0/s1. The summed E-state index contributed by atoms with van der Waals surface area (Å²) in [7, 11) is -3.74. The summed E-state index contributed by atoms with van der Waals surface area (Å²) in [4.78, 5) is 14.2. The quantitative estimate of drug-likeness (QED) is 0.764. The Morgan fingerprint density at radius 1 is 0.933 bits per heavy atom. The summed E-state index contributed by atoms with van der Waals surface area (Å²) in [6.45, 7) is 1.55. The minimum Gasteiger partial charge on any atom is -0.486 e. The Kier molecular flexibility index (Phi) is 4.67. The van der Waals surface area contributed by atoms with Gasteiger partial charge in [0.05, 0.1) is 4.90 Å². The molecule has 1 saturated heterocycles. The topological polar surface area (TPSA) is 103 Å². The highest BCUT2D eigenvalue weighted by Crippen LogP contribution is 2.37. The Balaban J connectivity index is 1.25. The molecule has 0 radical (unpaired) electrons. The molecule has 1 atom stereocenters. The summed E-state index contributed by atoms with van der Waals surface area (Å²) < 4.78 is 49.6. The van der Waals surface area contributed by atoms with Gasteiger partial charge in [0.15, 0.2) is 23.0 Å². The van der Waals surface area contributed by atoms with Gasteiger partial charge in [0.25, 0.3) is 0 Å². The fraction of sp³-hybridized carbons (Fsp3) is 0.350. The van der Waals surface area contributed by atoms with Crippen molar-refractivity contribution in [3.8, 4) is 23.0 Å². The molecule has 2 aromatic carbocycles. The van der Waals surface area contributed by atoms with E-state index in [4.69, 9.17) is 18.9 Å². The number of amides is 1. The molecule has 1 N–H and O–H groups in total. The van der Waals surface area contributed by atoms with Crippen LogP contribution in [0.4, 0.5) is 5.69 Å². The van der Waals surface area contributed by atoms with Gasteiger partial charge in [0.2, 0.25) is 22.7 Å². The van der Waals surface area contributed by atoms with Crippen LogP contribution in [0.25, 0.3) is 0 Å². The summed E-state index contributed by atoms with van der Waals surface area (Å²) in [6.07, 6.45) is 0.262. The van der Waals surface area contributed by atoms with E-state index in [1.54, 1.807) is 29.2 Å². The average molecular weight is 432 g/mol. The number of hydrogen-bond acceptors (Lipinski definition) is 7. The van der Waals surface area contributed by atoms with Gasteiger partial charge in [-0.2, -0.15) is 0 Å². The second-order valence-electron chi connectivity index (χ2n) is 7.27. The van der Waals surface area contributed by atoms with E-state index >= 15 is 0 Å². The lowest BCUT2D eigenvalue weighted by Gasteiger charge is -2.19. The molecule has 0 saturated carbocycles. The van der Waals surface area contributed by atoms with Crippen molar-refractivity contribution in [1.29, 1.82) is 0 Å². The third-order valence-electron chi connectivity index (χ3n) is 5.26. The molecule has 158 valence electrons. The molecule has 1 amide bonds. The van der Waals surface area contributed by atoms with Gasteiger partial charge in [0.1, 0.15) is 13.2 Å². The zero-order chi connectivity index (χ0) is 20.7. The number of nitrogens with zero attached hydrogens (tertiary/aromatic N) is 1. The van der Waals surface area contributed by atoms with E-state index in [1.807, 2.05) is 0 Å². The summed E-state index contributed by atoms with van der Waals surface area (Å²) in [6, 6.07) is 9.85. The number of hydrogen-bond donors (Lipinski definition) is 1. The lowest BCUT2D eigenvalue weighted by atomic mass is 10.1. The van der Waals surface area contributed by atoms with Crippen LogP contribution in [-0.4, -0.2) is 47.4 Å². The molecule has 5 rings (SSSR count). The molecule has 0 aliphatic carbocycles. The Morgan fingerprint density at radius 2 is 1.63 bits per heavy atom. The maximum Gasteiger partial charge on any atom is 0.240 e. The maximum atomic E-state index is 12.7. The molecule has 0 bridgehead atoms. The number of carbonyl (C=O) groups is 1. The third-order valence-corrected chi connectivity index (χ3v) is 6.68. The first kappa shape index (κ1) is 19.0. The number of benzene rings is 2. The van der Waals surface area contributed by atoms with Gasteiger partial charge < -0.3 is 23.8 Å². The first-order chi connectivity index (χ1) is 14.5. The molecule has 3 heterocycles. The van der Waals surface area contributed by atoms with E-state index in [9.17, 15) is 13.2 Å². The molecule has 0 aromatic heterocycles. The predicted molar refractivity (Wildman–Crippen MR) is 106 cm³/mol. The van der Waals surface area contributed by atoms with Crippen molar-refractivity contribution >= 4 is 21.6 Å². The third kappa shape index (κ3) is 3.52. The second kappa shape index (κ2) is 7.37. The molecule has 3 aliphatic heterocycles. The van der Waals surface area contributed by atoms with Crippen LogP contribution >= 0.6 is 0 Å². The van der Waals surface area contributed by atoms with E-state index in [-0.39, 0.29) is 36.5 Å². The largest absolute Gasteiger partial charge is 0.486 e. The highest BCUT2D eigenvalue weighted by atomic mass is 32.2. The molecule has 1 fully saturated rings. The fourth-order valence-electron chi connectivity index (χ4n) is 3.72. The number of fused-ring (bicyclic) bond motifs is 2. The van der Waals surface area contributed by atoms with Crippen LogP contribution < -0.4 is 28.6 Å². The monoisotopic (exact) mass is 432 g/mol. The number of anilines is 1. The van der Waals surface area contributed by atoms with E-state index in [1.165, 1.54) is 12.1 Å². The Morgan fingerprint density at radius 3 is 2.50 bits per heavy atom. The SMILES string of the molecule is O=C1C[C@@H](CNS(=O)(=O)c2ccc3c(c2)OCCO3)CN1c1ccc2c(c1)OCO2. The summed E-state index contributed by atoms with van der Waals surface area (Å²) >= 11 is 0. The lowest BCUT2D eigenvalue weighted by Crippen LogP contribution is -2.31. The van der Waals surface area contributed by atoms with Gasteiger partial charge in [-0.3, -0.25) is 4.79 Å². The van der Waals surface area contributed by atoms with Crippen molar-refractivity contribution in [3.63, 3.8) is 0 Å². The Labute approximate surface area is 173 Å². The molecule has 30 heavy (non-hydrogen) atoms. The number of carbonyl (C=O) groups excluding carboxylic acids is 1. The number of nitrogens with one attached hydrogen (secondary N) is 1. The van der Waals surface area contributed by atoms with Gasteiger partial charge in [-0.1, -0.05) is 0 Å². The minimum atomic E-state index is -3.74. The van der Waals surface area contributed by atoms with Gasteiger partial charge in [-0.05, 0) is 30.2 Å². The molecule has 3 aliphatic rings. The van der Waals surface area contributed by atoms with Gasteiger partial charge in [0, 0.05) is 37.3 Å². The van der Waals surface area contributed by atoms with Gasteiger partial charge >= 0.3 is 0 Å². The zero-order valence-electron chi connectivity index (χ0n) is 16.0. The molecule has 0 spiro atoms. The van der Waals surface area contributed by atoms with Crippen LogP contribution in [-0.2, 0) is 14.8 Å². The van der Waals surface area contributed by atoms with Crippen LogP contribution in [0.2, 0.25) is 0 Å². The van der Waals surface area contributed by atoms with Crippen molar-refractivity contribution in [2.75, 3.05) is 38.0 Å². The summed E-state index contributed by atoms with van der Waals surface area (Å²) in [5.41, 5.74) is 0.710. The van der Waals surface area contributed by atoms with Crippen molar-refractivity contribution in [2.45, 2.75) is 11.3 Å². The van der Waals surface area contributed by atoms with Crippen LogP contribution in [0.5, 0.6) is 23.0 Å². The smallest absolute Gasteiger partial charge is 0.240 e. The first-order valence-corrected chi connectivity index (χ1v) is 11.1. The number of rotatable bonds is 5. The molecule has 9 nitrogen and oxygen atoms in total. The maximum absolute atomic E-state index is 12.7. The summed E-state index contributed by atoms with van der Waals surface area (Å²) in [5, 5.41) is 0.